The Bertz CT molecular complexity index is 336. The highest BCUT2D eigenvalue weighted by molar-refractivity contribution is 5.40. The van der Waals surface area contributed by atoms with Gasteiger partial charge in [0.25, 0.3) is 0 Å². The number of likely N-dealkylation sites (N-methyl/N-ethyl adjacent to an activating group) is 1. The van der Waals surface area contributed by atoms with E-state index in [0.717, 1.165) is 5.82 Å². The van der Waals surface area contributed by atoms with Crippen molar-refractivity contribution < 1.29 is 9.84 Å². The van der Waals surface area contributed by atoms with E-state index in [1.807, 2.05) is 18.9 Å². The van der Waals surface area contributed by atoms with Crippen LogP contribution in [0.3, 0.4) is 0 Å². The number of aliphatic hydroxyl groups is 1. The van der Waals surface area contributed by atoms with Gasteiger partial charge in [0.05, 0.1) is 12.2 Å². The first-order valence-electron chi connectivity index (χ1n) is 5.31. The van der Waals surface area contributed by atoms with Crippen LogP contribution in [0.5, 0.6) is 5.88 Å². The smallest absolute Gasteiger partial charge is 0.218 e. The molecule has 0 radical (unpaired) electrons. The van der Waals surface area contributed by atoms with Gasteiger partial charge in [-0.25, -0.2) is 9.97 Å². The molecule has 0 saturated carbocycles. The molecule has 0 aliphatic heterocycles. The molecule has 1 rings (SSSR count). The average Bonchev–Trinajstić information content (AvgIpc) is 2.16. The number of anilines is 1. The third-order valence-electron chi connectivity index (χ3n) is 1.93. The number of nitrogens with zero attached hydrogens (tertiary/aromatic N) is 3. The number of aromatic nitrogens is 2. The van der Waals surface area contributed by atoms with E-state index in [-0.39, 0.29) is 0 Å². The molecule has 1 N–H and O–H groups in total. The Morgan fingerprint density at radius 2 is 2.12 bits per heavy atom. The normalized spacial score (nSPS) is 11.3. The summed E-state index contributed by atoms with van der Waals surface area (Å²) in [6.07, 6.45) is 1.46. The van der Waals surface area contributed by atoms with Crippen molar-refractivity contribution in [2.24, 2.45) is 0 Å². The van der Waals surface area contributed by atoms with Crippen LogP contribution in [0.25, 0.3) is 0 Å². The van der Waals surface area contributed by atoms with Gasteiger partial charge in [-0.05, 0) is 20.8 Å². The summed E-state index contributed by atoms with van der Waals surface area (Å²) in [5.74, 6) is 1.29. The van der Waals surface area contributed by atoms with Crippen LogP contribution in [0.15, 0.2) is 12.4 Å². The molecule has 0 fully saturated rings. The predicted molar refractivity (Wildman–Crippen MR) is 62.8 cm³/mol. The molecule has 1 aromatic heterocycles. The average molecular weight is 225 g/mol. The van der Waals surface area contributed by atoms with Crippen LogP contribution in [0, 0.1) is 0 Å². The first-order chi connectivity index (χ1) is 7.42. The molecule has 0 spiro atoms. The molecule has 0 unspecified atom stereocenters. The molecule has 90 valence electrons. The fraction of sp³-hybridized carbons (Fsp3) is 0.636. The number of hydrogen-bond donors (Lipinski definition) is 1. The molecule has 0 saturated heterocycles. The third kappa shape index (κ3) is 4.02. The Morgan fingerprint density at radius 3 is 2.69 bits per heavy atom. The molecule has 0 aromatic carbocycles. The van der Waals surface area contributed by atoms with E-state index in [0.29, 0.717) is 19.0 Å². The summed E-state index contributed by atoms with van der Waals surface area (Å²) in [6.45, 7) is 6.49. The van der Waals surface area contributed by atoms with Gasteiger partial charge in [-0.3, -0.25) is 0 Å². The van der Waals surface area contributed by atoms with Crippen molar-refractivity contribution in [1.29, 1.82) is 0 Å². The van der Waals surface area contributed by atoms with Crippen molar-refractivity contribution in [1.82, 2.24) is 9.97 Å². The maximum atomic E-state index is 9.71. The molecular weight excluding hydrogens is 206 g/mol. The maximum Gasteiger partial charge on any atom is 0.218 e. The monoisotopic (exact) mass is 225 g/mol. The Morgan fingerprint density at radius 1 is 1.44 bits per heavy atom. The van der Waals surface area contributed by atoms with E-state index >= 15 is 0 Å². The lowest BCUT2D eigenvalue weighted by Crippen LogP contribution is -2.36. The number of hydrogen-bond acceptors (Lipinski definition) is 5. The van der Waals surface area contributed by atoms with Gasteiger partial charge >= 0.3 is 0 Å². The fourth-order valence-corrected chi connectivity index (χ4v) is 1.43. The van der Waals surface area contributed by atoms with Crippen molar-refractivity contribution in [2.75, 3.05) is 25.1 Å². The van der Waals surface area contributed by atoms with Crippen molar-refractivity contribution in [3.05, 3.63) is 12.4 Å². The van der Waals surface area contributed by atoms with Crippen LogP contribution in [0.1, 0.15) is 20.8 Å². The van der Waals surface area contributed by atoms with Gasteiger partial charge < -0.3 is 14.7 Å². The van der Waals surface area contributed by atoms with Gasteiger partial charge in [-0.1, -0.05) is 0 Å². The zero-order chi connectivity index (χ0) is 12.2. The van der Waals surface area contributed by atoms with Gasteiger partial charge in [0.15, 0.2) is 0 Å². The van der Waals surface area contributed by atoms with Gasteiger partial charge in [0, 0.05) is 19.7 Å². The van der Waals surface area contributed by atoms with Crippen LogP contribution < -0.4 is 9.64 Å². The first-order valence-corrected chi connectivity index (χ1v) is 5.31. The summed E-state index contributed by atoms with van der Waals surface area (Å²) in [4.78, 5) is 9.98. The summed E-state index contributed by atoms with van der Waals surface area (Å²) >= 11 is 0. The van der Waals surface area contributed by atoms with Crippen LogP contribution >= 0.6 is 0 Å². The van der Waals surface area contributed by atoms with E-state index in [1.165, 1.54) is 6.33 Å². The van der Waals surface area contributed by atoms with E-state index in [2.05, 4.69) is 9.97 Å². The molecule has 5 nitrogen and oxygen atoms in total. The van der Waals surface area contributed by atoms with Crippen LogP contribution in [-0.4, -0.2) is 40.9 Å². The Hall–Kier alpha value is -1.36. The first kappa shape index (κ1) is 12.7. The van der Waals surface area contributed by atoms with E-state index in [1.54, 1.807) is 19.9 Å². The lowest BCUT2D eigenvalue weighted by molar-refractivity contribution is 0.0884. The summed E-state index contributed by atoms with van der Waals surface area (Å²) in [5.41, 5.74) is -0.758. The van der Waals surface area contributed by atoms with Crippen LogP contribution in [-0.2, 0) is 0 Å². The molecule has 16 heavy (non-hydrogen) atoms. The second-order valence-corrected chi connectivity index (χ2v) is 4.32. The second kappa shape index (κ2) is 5.12. The lowest BCUT2D eigenvalue weighted by Gasteiger charge is -2.26. The summed E-state index contributed by atoms with van der Waals surface area (Å²) < 4.78 is 5.29. The van der Waals surface area contributed by atoms with Crippen molar-refractivity contribution in [2.45, 2.75) is 26.4 Å². The minimum atomic E-state index is -0.758. The van der Waals surface area contributed by atoms with Crippen molar-refractivity contribution >= 4 is 5.82 Å². The quantitative estimate of drug-likeness (QED) is 0.812. The minimum absolute atomic E-state index is 0.496. The van der Waals surface area contributed by atoms with Gasteiger partial charge in [-0.2, -0.15) is 0 Å². The standard InChI is InChI=1S/C11H19N3O2/c1-5-16-10-6-9(12-8-13-10)14(4)7-11(2,3)15/h6,8,15H,5,7H2,1-4H3. The van der Waals surface area contributed by atoms with E-state index in [4.69, 9.17) is 4.74 Å². The highest BCUT2D eigenvalue weighted by Crippen LogP contribution is 2.16. The largest absolute Gasteiger partial charge is 0.478 e. The predicted octanol–water partition coefficient (Wildman–Crippen LogP) is 1.08. The molecular formula is C11H19N3O2. The van der Waals surface area contributed by atoms with E-state index < -0.39 is 5.60 Å². The Kier molecular flexibility index (Phi) is 4.06. The maximum absolute atomic E-state index is 9.71. The lowest BCUT2D eigenvalue weighted by atomic mass is 10.1. The minimum Gasteiger partial charge on any atom is -0.478 e. The van der Waals surface area contributed by atoms with Crippen molar-refractivity contribution in [3.63, 3.8) is 0 Å². The van der Waals surface area contributed by atoms with Crippen molar-refractivity contribution in [3.8, 4) is 5.88 Å². The molecule has 0 amide bonds. The summed E-state index contributed by atoms with van der Waals surface area (Å²) in [6, 6.07) is 1.76. The summed E-state index contributed by atoms with van der Waals surface area (Å²) in [5, 5.41) is 9.71. The molecule has 0 atom stereocenters. The number of rotatable bonds is 5. The zero-order valence-electron chi connectivity index (χ0n) is 10.3. The van der Waals surface area contributed by atoms with Crippen LogP contribution in [0.2, 0.25) is 0 Å². The van der Waals surface area contributed by atoms with Gasteiger partial charge in [0.1, 0.15) is 12.1 Å². The Balaban J connectivity index is 2.75. The highest BCUT2D eigenvalue weighted by Gasteiger charge is 2.17. The molecule has 0 bridgehead atoms. The molecule has 0 aliphatic carbocycles. The topological polar surface area (TPSA) is 58.5 Å². The van der Waals surface area contributed by atoms with E-state index in [9.17, 15) is 5.11 Å². The highest BCUT2D eigenvalue weighted by atomic mass is 16.5. The molecule has 0 aliphatic rings. The second-order valence-electron chi connectivity index (χ2n) is 4.32. The molecule has 5 heteroatoms. The van der Waals surface area contributed by atoms with Gasteiger partial charge in [-0.15, -0.1) is 0 Å². The molecule has 1 aromatic rings. The third-order valence-corrected chi connectivity index (χ3v) is 1.93. The number of ether oxygens (including phenoxy) is 1. The SMILES string of the molecule is CCOc1cc(N(C)CC(C)(C)O)ncn1. The molecule has 1 heterocycles. The fourth-order valence-electron chi connectivity index (χ4n) is 1.43. The van der Waals surface area contributed by atoms with Crippen LogP contribution in [0.4, 0.5) is 5.82 Å². The van der Waals surface area contributed by atoms with Gasteiger partial charge in [0.2, 0.25) is 5.88 Å². The Labute approximate surface area is 96.1 Å². The zero-order valence-corrected chi connectivity index (χ0v) is 10.3. The summed E-state index contributed by atoms with van der Waals surface area (Å²) in [7, 11) is 1.87.